The van der Waals surface area contributed by atoms with E-state index >= 15 is 0 Å². The molecule has 0 aliphatic heterocycles. The maximum Gasteiger partial charge on any atom is 0.411 e. The Morgan fingerprint density at radius 1 is 1.07 bits per heavy atom. The van der Waals surface area contributed by atoms with Gasteiger partial charge in [0.05, 0.1) is 7.11 Å². The van der Waals surface area contributed by atoms with Gasteiger partial charge in [0.25, 0.3) is 0 Å². The second kappa shape index (κ2) is 11.6. The summed E-state index contributed by atoms with van der Waals surface area (Å²) in [4.78, 5) is 38.6. The third-order valence-electron chi connectivity index (χ3n) is 5.15. The Balaban J connectivity index is 5.11. The molecule has 0 saturated heterocycles. The number of rotatable bonds is 11. The van der Waals surface area contributed by atoms with Crippen molar-refractivity contribution >= 4 is 26.2 Å². The third kappa shape index (κ3) is 9.89. The molecule has 0 aliphatic carbocycles. The molecule has 0 aromatic rings. The summed E-state index contributed by atoms with van der Waals surface area (Å²) in [7, 11) is -0.660. The fraction of sp³-hybridized carbons (Fsp3) is 0.773. The maximum atomic E-state index is 12.7. The van der Waals surface area contributed by atoms with E-state index in [1.165, 1.54) is 18.1 Å². The Morgan fingerprint density at radius 2 is 1.63 bits per heavy atom. The van der Waals surface area contributed by atoms with Crippen LogP contribution < -0.4 is 0 Å². The number of ketones is 1. The average Bonchev–Trinajstić information content (AvgIpc) is 2.57. The first-order chi connectivity index (χ1) is 13.6. The van der Waals surface area contributed by atoms with Crippen LogP contribution in [0.2, 0.25) is 18.1 Å². The largest absolute Gasteiger partial charge is 0.467 e. The lowest BCUT2D eigenvalue weighted by Gasteiger charge is -2.36. The number of ether oxygens (including phenoxy) is 2. The van der Waals surface area contributed by atoms with Crippen molar-refractivity contribution in [2.75, 3.05) is 20.3 Å². The summed E-state index contributed by atoms with van der Waals surface area (Å²) in [6, 6.07) is -0.890. The Morgan fingerprint density at radius 3 is 2.07 bits per heavy atom. The van der Waals surface area contributed by atoms with Crippen LogP contribution in [-0.4, -0.2) is 63.0 Å². The molecule has 0 heterocycles. The van der Waals surface area contributed by atoms with E-state index in [1.54, 1.807) is 20.8 Å². The van der Waals surface area contributed by atoms with Crippen molar-refractivity contribution in [1.82, 2.24) is 4.90 Å². The highest BCUT2D eigenvalue weighted by Crippen LogP contribution is 2.36. The predicted molar refractivity (Wildman–Crippen MR) is 121 cm³/mol. The second-order valence-corrected chi connectivity index (χ2v) is 14.7. The predicted octanol–water partition coefficient (Wildman–Crippen LogP) is 4.71. The molecule has 0 saturated carbocycles. The molecule has 0 fully saturated rings. The van der Waals surface area contributed by atoms with Crippen LogP contribution in [0.15, 0.2) is 12.7 Å². The van der Waals surface area contributed by atoms with Gasteiger partial charge in [-0.15, -0.1) is 6.58 Å². The highest BCUT2D eigenvalue weighted by Gasteiger charge is 2.37. The molecule has 0 unspecified atom stereocenters. The lowest BCUT2D eigenvalue weighted by molar-refractivity contribution is -0.147. The van der Waals surface area contributed by atoms with E-state index in [1.807, 2.05) is 0 Å². The van der Waals surface area contributed by atoms with E-state index in [0.717, 1.165) is 0 Å². The molecule has 7 nitrogen and oxygen atoms in total. The van der Waals surface area contributed by atoms with Gasteiger partial charge >= 0.3 is 12.1 Å². The summed E-state index contributed by atoms with van der Waals surface area (Å²) >= 11 is 0. The van der Waals surface area contributed by atoms with Gasteiger partial charge in [0.2, 0.25) is 0 Å². The van der Waals surface area contributed by atoms with Crippen LogP contribution in [0, 0.1) is 0 Å². The van der Waals surface area contributed by atoms with Crippen molar-refractivity contribution in [2.45, 2.75) is 90.6 Å². The van der Waals surface area contributed by atoms with Gasteiger partial charge in [0, 0.05) is 26.0 Å². The fourth-order valence-electron chi connectivity index (χ4n) is 2.35. The molecule has 0 aromatic heterocycles. The molecule has 0 spiro atoms. The standard InChI is InChI=1S/C22H41NO6Si/c1-11-12-18(19(25)27-8)23(20(26)29-21(2,3)4)15-13-17(24)14-16-28-30(9,10)22(5,6)7/h11,18H,1,12-16H2,2-10H3/t18-/m0/s1. The van der Waals surface area contributed by atoms with Crippen molar-refractivity contribution in [2.24, 2.45) is 0 Å². The van der Waals surface area contributed by atoms with Crippen molar-refractivity contribution in [3.8, 4) is 0 Å². The van der Waals surface area contributed by atoms with Gasteiger partial charge in [-0.3, -0.25) is 9.69 Å². The van der Waals surface area contributed by atoms with E-state index in [9.17, 15) is 14.4 Å². The molecule has 0 bridgehead atoms. The molecular weight excluding hydrogens is 402 g/mol. The number of methoxy groups -OCH3 is 1. The zero-order valence-corrected chi connectivity index (χ0v) is 21.3. The van der Waals surface area contributed by atoms with Crippen molar-refractivity contribution in [3.63, 3.8) is 0 Å². The van der Waals surface area contributed by atoms with E-state index in [4.69, 9.17) is 13.9 Å². The summed E-state index contributed by atoms with van der Waals surface area (Å²) < 4.78 is 16.3. The maximum absolute atomic E-state index is 12.7. The minimum absolute atomic E-state index is 0.0375. The number of Topliss-reactive ketones (excluding diaryl/α,β-unsaturated/α-hetero) is 1. The molecule has 1 amide bonds. The number of nitrogens with zero attached hydrogens (tertiary/aromatic N) is 1. The number of hydrogen-bond donors (Lipinski definition) is 0. The van der Waals surface area contributed by atoms with Gasteiger partial charge in [0.15, 0.2) is 8.32 Å². The average molecular weight is 444 g/mol. The van der Waals surface area contributed by atoms with Crippen LogP contribution in [0.25, 0.3) is 0 Å². The van der Waals surface area contributed by atoms with Gasteiger partial charge in [-0.2, -0.15) is 0 Å². The molecule has 1 atom stereocenters. The van der Waals surface area contributed by atoms with Crippen molar-refractivity contribution < 1.29 is 28.3 Å². The number of carbonyl (C=O) groups is 3. The van der Waals surface area contributed by atoms with E-state index in [2.05, 4.69) is 40.4 Å². The summed E-state index contributed by atoms with van der Waals surface area (Å²) in [6.45, 7) is 20.0. The number of carbonyl (C=O) groups excluding carboxylic acids is 3. The smallest absolute Gasteiger partial charge is 0.411 e. The van der Waals surface area contributed by atoms with E-state index in [-0.39, 0.29) is 36.6 Å². The minimum atomic E-state index is -1.92. The molecular formula is C22H41NO6Si. The van der Waals surface area contributed by atoms with E-state index < -0.39 is 32.0 Å². The van der Waals surface area contributed by atoms with Crippen molar-refractivity contribution in [1.29, 1.82) is 0 Å². The molecule has 0 aliphatic rings. The Hall–Kier alpha value is -1.67. The Kier molecular flexibility index (Phi) is 11.0. The lowest BCUT2D eigenvalue weighted by atomic mass is 10.1. The molecule has 8 heteroatoms. The summed E-state index contributed by atoms with van der Waals surface area (Å²) in [5, 5.41) is 0.0714. The van der Waals surface area contributed by atoms with Crippen LogP contribution in [0.4, 0.5) is 4.79 Å². The van der Waals surface area contributed by atoms with Gasteiger partial charge < -0.3 is 13.9 Å². The normalized spacial score (nSPS) is 13.4. The van der Waals surface area contributed by atoms with Crippen LogP contribution >= 0.6 is 0 Å². The first kappa shape index (κ1) is 28.3. The van der Waals surface area contributed by atoms with E-state index in [0.29, 0.717) is 6.61 Å². The lowest BCUT2D eigenvalue weighted by Crippen LogP contribution is -2.48. The van der Waals surface area contributed by atoms with Gasteiger partial charge in [0.1, 0.15) is 17.4 Å². The molecule has 0 radical (unpaired) electrons. The summed E-state index contributed by atoms with van der Waals surface area (Å²) in [5.74, 6) is -0.612. The highest BCUT2D eigenvalue weighted by atomic mass is 28.4. The zero-order valence-electron chi connectivity index (χ0n) is 20.3. The third-order valence-corrected chi connectivity index (χ3v) is 9.69. The second-order valence-electron chi connectivity index (χ2n) is 9.88. The molecule has 0 aromatic carbocycles. The van der Waals surface area contributed by atoms with Gasteiger partial charge in [-0.1, -0.05) is 26.8 Å². The van der Waals surface area contributed by atoms with Crippen LogP contribution in [0.1, 0.15) is 60.8 Å². The first-order valence-electron chi connectivity index (χ1n) is 10.4. The van der Waals surface area contributed by atoms with Gasteiger partial charge in [-0.05, 0) is 45.3 Å². The summed E-state index contributed by atoms with van der Waals surface area (Å²) in [6.07, 6.45) is 1.44. The minimum Gasteiger partial charge on any atom is -0.467 e. The zero-order chi connectivity index (χ0) is 23.8. The molecule has 30 heavy (non-hydrogen) atoms. The Labute approximate surface area is 183 Å². The first-order valence-corrected chi connectivity index (χ1v) is 13.3. The van der Waals surface area contributed by atoms with Crippen LogP contribution in [-0.2, 0) is 23.5 Å². The number of amides is 1. The topological polar surface area (TPSA) is 82.1 Å². The SMILES string of the molecule is C=CC[C@@H](C(=O)OC)N(CCC(=O)CCO[Si](C)(C)C(C)(C)C)C(=O)OC(C)(C)C. The monoisotopic (exact) mass is 443 g/mol. The Bertz CT molecular complexity index is 604. The van der Waals surface area contributed by atoms with Crippen LogP contribution in [0.3, 0.4) is 0 Å². The van der Waals surface area contributed by atoms with Crippen molar-refractivity contribution in [3.05, 3.63) is 12.7 Å². The highest BCUT2D eigenvalue weighted by molar-refractivity contribution is 6.74. The fourth-order valence-corrected chi connectivity index (χ4v) is 3.39. The summed E-state index contributed by atoms with van der Waals surface area (Å²) in [5.41, 5.74) is -0.731. The molecule has 174 valence electrons. The number of hydrogen-bond acceptors (Lipinski definition) is 6. The molecule has 0 rings (SSSR count). The van der Waals surface area contributed by atoms with Gasteiger partial charge in [-0.25, -0.2) is 9.59 Å². The van der Waals surface area contributed by atoms with Crippen LogP contribution in [0.5, 0.6) is 0 Å². The molecule has 0 N–H and O–H groups in total. The quantitative estimate of drug-likeness (QED) is 0.261. The number of esters is 1.